The standard InChI is InChI=1S/C16H26N2O/c1-13(2)12-19-9-8-18(16-6-7-16)11-14-4-3-5-15(17)10-14/h3-5,10,13,16H,6-9,11-12,17H2,1-2H3. The molecule has 1 aliphatic rings. The van der Waals surface area contributed by atoms with Crippen LogP contribution in [0.15, 0.2) is 24.3 Å². The Morgan fingerprint density at radius 1 is 1.37 bits per heavy atom. The molecule has 1 aromatic rings. The maximum absolute atomic E-state index is 5.84. The number of nitrogens with two attached hydrogens (primary N) is 1. The summed E-state index contributed by atoms with van der Waals surface area (Å²) in [5.41, 5.74) is 7.99. The van der Waals surface area contributed by atoms with Crippen molar-refractivity contribution in [2.75, 3.05) is 25.5 Å². The van der Waals surface area contributed by atoms with E-state index in [-0.39, 0.29) is 0 Å². The molecule has 0 aromatic heterocycles. The van der Waals surface area contributed by atoms with E-state index in [1.807, 2.05) is 12.1 Å². The highest BCUT2D eigenvalue weighted by molar-refractivity contribution is 5.40. The molecular formula is C16H26N2O. The Morgan fingerprint density at radius 2 is 2.16 bits per heavy atom. The first kappa shape index (κ1) is 14.4. The summed E-state index contributed by atoms with van der Waals surface area (Å²) in [5.74, 6) is 0.614. The molecule has 0 atom stereocenters. The van der Waals surface area contributed by atoms with Crippen LogP contribution in [0.25, 0.3) is 0 Å². The average Bonchev–Trinajstić information content (AvgIpc) is 3.17. The first-order valence-corrected chi connectivity index (χ1v) is 7.31. The third-order valence-electron chi connectivity index (χ3n) is 3.37. The summed E-state index contributed by atoms with van der Waals surface area (Å²) in [6.45, 7) is 8.07. The molecule has 106 valence electrons. The Hall–Kier alpha value is -1.06. The summed E-state index contributed by atoms with van der Waals surface area (Å²) in [6.07, 6.45) is 2.65. The van der Waals surface area contributed by atoms with Gasteiger partial charge in [0, 0.05) is 31.4 Å². The summed E-state index contributed by atoms with van der Waals surface area (Å²) >= 11 is 0. The van der Waals surface area contributed by atoms with Gasteiger partial charge >= 0.3 is 0 Å². The van der Waals surface area contributed by atoms with E-state index >= 15 is 0 Å². The molecule has 0 saturated heterocycles. The number of anilines is 1. The van der Waals surface area contributed by atoms with E-state index in [0.717, 1.165) is 38.0 Å². The van der Waals surface area contributed by atoms with Crippen molar-refractivity contribution in [3.8, 4) is 0 Å². The fraction of sp³-hybridized carbons (Fsp3) is 0.625. The number of ether oxygens (including phenoxy) is 1. The van der Waals surface area contributed by atoms with Crippen LogP contribution < -0.4 is 5.73 Å². The lowest BCUT2D eigenvalue weighted by molar-refractivity contribution is 0.0811. The molecule has 0 unspecified atom stereocenters. The Balaban J connectivity index is 1.79. The molecule has 1 aromatic carbocycles. The highest BCUT2D eigenvalue weighted by atomic mass is 16.5. The van der Waals surface area contributed by atoms with Gasteiger partial charge in [-0.25, -0.2) is 0 Å². The van der Waals surface area contributed by atoms with Crippen molar-refractivity contribution in [1.82, 2.24) is 4.90 Å². The predicted octanol–water partition coefficient (Wildman–Crippen LogP) is 2.91. The van der Waals surface area contributed by atoms with E-state index in [1.54, 1.807) is 0 Å². The smallest absolute Gasteiger partial charge is 0.0593 e. The molecule has 1 fully saturated rings. The fourth-order valence-electron chi connectivity index (χ4n) is 2.26. The lowest BCUT2D eigenvalue weighted by atomic mass is 10.2. The average molecular weight is 262 g/mol. The second kappa shape index (κ2) is 6.92. The van der Waals surface area contributed by atoms with Gasteiger partial charge in [-0.05, 0) is 36.5 Å². The molecule has 19 heavy (non-hydrogen) atoms. The number of hydrogen-bond donors (Lipinski definition) is 1. The molecule has 2 N–H and O–H groups in total. The second-order valence-corrected chi connectivity index (χ2v) is 5.92. The van der Waals surface area contributed by atoms with Crippen LogP contribution in [0.5, 0.6) is 0 Å². The zero-order valence-electron chi connectivity index (χ0n) is 12.1. The van der Waals surface area contributed by atoms with Crippen molar-refractivity contribution in [3.63, 3.8) is 0 Å². The lowest BCUT2D eigenvalue weighted by Crippen LogP contribution is -2.29. The van der Waals surface area contributed by atoms with Gasteiger partial charge in [0.2, 0.25) is 0 Å². The monoisotopic (exact) mass is 262 g/mol. The van der Waals surface area contributed by atoms with E-state index in [2.05, 4.69) is 30.9 Å². The van der Waals surface area contributed by atoms with E-state index in [1.165, 1.54) is 18.4 Å². The van der Waals surface area contributed by atoms with Crippen molar-refractivity contribution < 1.29 is 4.74 Å². The van der Waals surface area contributed by atoms with Crippen molar-refractivity contribution in [3.05, 3.63) is 29.8 Å². The van der Waals surface area contributed by atoms with Crippen LogP contribution in [0.1, 0.15) is 32.3 Å². The molecule has 2 rings (SSSR count). The van der Waals surface area contributed by atoms with Crippen molar-refractivity contribution in [2.24, 2.45) is 5.92 Å². The second-order valence-electron chi connectivity index (χ2n) is 5.92. The molecule has 0 amide bonds. The summed E-state index contributed by atoms with van der Waals surface area (Å²) in [5, 5.41) is 0. The van der Waals surface area contributed by atoms with Crippen molar-refractivity contribution in [1.29, 1.82) is 0 Å². The normalized spacial score (nSPS) is 15.4. The van der Waals surface area contributed by atoms with E-state index in [0.29, 0.717) is 5.92 Å². The van der Waals surface area contributed by atoms with E-state index in [4.69, 9.17) is 10.5 Å². The first-order valence-electron chi connectivity index (χ1n) is 7.31. The van der Waals surface area contributed by atoms with Crippen LogP contribution in [-0.2, 0) is 11.3 Å². The summed E-state index contributed by atoms with van der Waals surface area (Å²) < 4.78 is 5.70. The maximum atomic E-state index is 5.84. The zero-order valence-corrected chi connectivity index (χ0v) is 12.1. The van der Waals surface area contributed by atoms with Crippen LogP contribution in [0, 0.1) is 5.92 Å². The summed E-state index contributed by atoms with van der Waals surface area (Å²) in [7, 11) is 0. The third kappa shape index (κ3) is 5.21. The molecule has 0 bridgehead atoms. The van der Waals surface area contributed by atoms with Crippen LogP contribution in [-0.4, -0.2) is 30.7 Å². The van der Waals surface area contributed by atoms with Gasteiger partial charge in [-0.15, -0.1) is 0 Å². The van der Waals surface area contributed by atoms with Gasteiger partial charge < -0.3 is 10.5 Å². The minimum atomic E-state index is 0.614. The molecule has 0 aliphatic heterocycles. The topological polar surface area (TPSA) is 38.5 Å². The van der Waals surface area contributed by atoms with Crippen LogP contribution >= 0.6 is 0 Å². The number of benzene rings is 1. The number of hydrogen-bond acceptors (Lipinski definition) is 3. The van der Waals surface area contributed by atoms with E-state index in [9.17, 15) is 0 Å². The predicted molar refractivity (Wildman–Crippen MR) is 79.9 cm³/mol. The van der Waals surface area contributed by atoms with Gasteiger partial charge in [-0.2, -0.15) is 0 Å². The lowest BCUT2D eigenvalue weighted by Gasteiger charge is -2.22. The number of rotatable bonds is 8. The first-order chi connectivity index (χ1) is 9.15. The largest absolute Gasteiger partial charge is 0.399 e. The van der Waals surface area contributed by atoms with Crippen LogP contribution in [0.2, 0.25) is 0 Å². The molecule has 3 heteroatoms. The molecule has 1 saturated carbocycles. The number of nitrogens with zero attached hydrogens (tertiary/aromatic N) is 1. The molecular weight excluding hydrogens is 236 g/mol. The third-order valence-corrected chi connectivity index (χ3v) is 3.37. The van der Waals surface area contributed by atoms with Gasteiger partial charge in [-0.3, -0.25) is 4.90 Å². The molecule has 0 radical (unpaired) electrons. The quantitative estimate of drug-likeness (QED) is 0.578. The van der Waals surface area contributed by atoms with E-state index < -0.39 is 0 Å². The highest BCUT2D eigenvalue weighted by Crippen LogP contribution is 2.28. The van der Waals surface area contributed by atoms with Gasteiger partial charge in [0.05, 0.1) is 6.61 Å². The minimum Gasteiger partial charge on any atom is -0.399 e. The molecule has 3 nitrogen and oxygen atoms in total. The van der Waals surface area contributed by atoms with Crippen molar-refractivity contribution >= 4 is 5.69 Å². The fourth-order valence-corrected chi connectivity index (χ4v) is 2.26. The Kier molecular flexibility index (Phi) is 5.23. The molecule has 0 spiro atoms. The molecule has 1 aliphatic carbocycles. The van der Waals surface area contributed by atoms with Gasteiger partial charge in [-0.1, -0.05) is 26.0 Å². The summed E-state index contributed by atoms with van der Waals surface area (Å²) in [4.78, 5) is 2.52. The zero-order chi connectivity index (χ0) is 13.7. The SMILES string of the molecule is CC(C)COCCN(Cc1cccc(N)c1)C1CC1. The highest BCUT2D eigenvalue weighted by Gasteiger charge is 2.28. The Labute approximate surface area is 116 Å². The van der Waals surface area contributed by atoms with Crippen LogP contribution in [0.3, 0.4) is 0 Å². The van der Waals surface area contributed by atoms with Gasteiger partial charge in [0.1, 0.15) is 0 Å². The van der Waals surface area contributed by atoms with Crippen molar-refractivity contribution in [2.45, 2.75) is 39.3 Å². The Morgan fingerprint density at radius 3 is 2.79 bits per heavy atom. The number of nitrogen functional groups attached to an aromatic ring is 1. The Bertz CT molecular complexity index is 388. The maximum Gasteiger partial charge on any atom is 0.0593 e. The van der Waals surface area contributed by atoms with Gasteiger partial charge in [0.25, 0.3) is 0 Å². The summed E-state index contributed by atoms with van der Waals surface area (Å²) in [6, 6.07) is 8.95. The minimum absolute atomic E-state index is 0.614. The van der Waals surface area contributed by atoms with Gasteiger partial charge in [0.15, 0.2) is 0 Å². The molecule has 0 heterocycles. The van der Waals surface area contributed by atoms with Crippen LogP contribution in [0.4, 0.5) is 5.69 Å².